The number of furan rings is 1. The molecule has 2 heterocycles. The fraction of sp³-hybridized carbons (Fsp3) is 0.632. The largest absolute Gasteiger partial charge is 0.472 e. The highest BCUT2D eigenvalue weighted by atomic mass is 16.3. The van der Waals surface area contributed by atoms with Crippen molar-refractivity contribution in [3.8, 4) is 0 Å². The van der Waals surface area contributed by atoms with Crippen molar-refractivity contribution < 1.29 is 18.8 Å². The fourth-order valence-electron chi connectivity index (χ4n) is 3.19. The molecule has 2 rings (SSSR count). The molecule has 0 spiro atoms. The van der Waals surface area contributed by atoms with Crippen molar-refractivity contribution in [1.82, 2.24) is 15.1 Å². The Morgan fingerprint density at radius 1 is 1.23 bits per heavy atom. The summed E-state index contributed by atoms with van der Waals surface area (Å²) in [6.07, 6.45) is 5.85. The summed E-state index contributed by atoms with van der Waals surface area (Å²) in [4.78, 5) is 40.6. The normalized spacial score (nSPS) is 14.9. The number of nitrogens with one attached hydrogen (secondary N) is 1. The molecule has 1 N–H and O–H groups in total. The monoisotopic (exact) mass is 363 g/mol. The molecule has 1 fully saturated rings. The first-order valence-corrected chi connectivity index (χ1v) is 9.43. The van der Waals surface area contributed by atoms with Gasteiger partial charge >= 0.3 is 0 Å². The number of rotatable bonds is 8. The molecular formula is C19H29N3O4. The van der Waals surface area contributed by atoms with E-state index >= 15 is 0 Å². The van der Waals surface area contributed by atoms with Crippen LogP contribution in [0, 0.1) is 5.92 Å². The van der Waals surface area contributed by atoms with Crippen molar-refractivity contribution in [2.75, 3.05) is 32.7 Å². The van der Waals surface area contributed by atoms with E-state index in [1.807, 2.05) is 13.8 Å². The number of hydrogen-bond acceptors (Lipinski definition) is 4. The maximum Gasteiger partial charge on any atom is 0.257 e. The molecule has 3 amide bonds. The van der Waals surface area contributed by atoms with Crippen LogP contribution in [0.25, 0.3) is 0 Å². The SMILES string of the molecule is CCCNC(=O)CN(CCC)C(=O)C1CCN(C(=O)c2ccoc2)CC1. The Labute approximate surface area is 154 Å². The van der Waals surface area contributed by atoms with Crippen LogP contribution in [0.4, 0.5) is 0 Å². The molecule has 26 heavy (non-hydrogen) atoms. The number of amides is 3. The number of piperidine rings is 1. The van der Waals surface area contributed by atoms with Gasteiger partial charge in [0.1, 0.15) is 6.26 Å². The second-order valence-corrected chi connectivity index (χ2v) is 6.69. The summed E-state index contributed by atoms with van der Waals surface area (Å²) >= 11 is 0. The Morgan fingerprint density at radius 2 is 1.96 bits per heavy atom. The number of carbonyl (C=O) groups is 3. The van der Waals surface area contributed by atoms with Crippen LogP contribution in [-0.2, 0) is 9.59 Å². The average molecular weight is 363 g/mol. The van der Waals surface area contributed by atoms with E-state index in [9.17, 15) is 14.4 Å². The van der Waals surface area contributed by atoms with E-state index in [0.717, 1.165) is 12.8 Å². The molecule has 1 aliphatic heterocycles. The van der Waals surface area contributed by atoms with Crippen LogP contribution >= 0.6 is 0 Å². The minimum atomic E-state index is -0.131. The zero-order chi connectivity index (χ0) is 18.9. The Balaban J connectivity index is 1.88. The van der Waals surface area contributed by atoms with Gasteiger partial charge in [0.15, 0.2) is 0 Å². The standard InChI is InChI=1S/C19H29N3O4/c1-3-8-20-17(23)13-22(9-4-2)18(24)15-5-10-21(11-6-15)19(25)16-7-12-26-14-16/h7,12,14-15H,3-6,8-11,13H2,1-2H3,(H,20,23). The molecule has 1 aliphatic rings. The third-order valence-corrected chi connectivity index (χ3v) is 4.61. The minimum Gasteiger partial charge on any atom is -0.472 e. The van der Waals surface area contributed by atoms with Crippen LogP contribution in [0.3, 0.4) is 0 Å². The third kappa shape index (κ3) is 5.34. The van der Waals surface area contributed by atoms with Gasteiger partial charge in [0, 0.05) is 32.1 Å². The van der Waals surface area contributed by atoms with Gasteiger partial charge in [-0.1, -0.05) is 13.8 Å². The molecule has 0 aliphatic carbocycles. The smallest absolute Gasteiger partial charge is 0.257 e. The van der Waals surface area contributed by atoms with Gasteiger partial charge in [-0.15, -0.1) is 0 Å². The second-order valence-electron chi connectivity index (χ2n) is 6.69. The summed E-state index contributed by atoms with van der Waals surface area (Å²) in [6, 6.07) is 1.65. The predicted molar refractivity (Wildman–Crippen MR) is 97.5 cm³/mol. The van der Waals surface area contributed by atoms with Crippen molar-refractivity contribution in [3.05, 3.63) is 24.2 Å². The summed E-state index contributed by atoms with van der Waals surface area (Å²) in [6.45, 7) is 6.39. The molecule has 0 radical (unpaired) electrons. The maximum absolute atomic E-state index is 12.8. The first-order chi connectivity index (χ1) is 12.6. The minimum absolute atomic E-state index is 0.0221. The van der Waals surface area contributed by atoms with E-state index in [2.05, 4.69) is 5.32 Å². The van der Waals surface area contributed by atoms with E-state index in [1.54, 1.807) is 15.9 Å². The van der Waals surface area contributed by atoms with Gasteiger partial charge in [0.05, 0.1) is 18.4 Å². The van der Waals surface area contributed by atoms with Gasteiger partial charge in [-0.3, -0.25) is 14.4 Å². The molecule has 144 valence electrons. The maximum atomic E-state index is 12.8. The first kappa shape index (κ1) is 20.0. The van der Waals surface area contributed by atoms with Gasteiger partial charge < -0.3 is 19.5 Å². The van der Waals surface area contributed by atoms with Gasteiger partial charge in [-0.25, -0.2) is 0 Å². The topological polar surface area (TPSA) is 82.9 Å². The van der Waals surface area contributed by atoms with Crippen molar-refractivity contribution in [1.29, 1.82) is 0 Å². The molecule has 7 heteroatoms. The zero-order valence-electron chi connectivity index (χ0n) is 15.7. The lowest BCUT2D eigenvalue weighted by Crippen LogP contribution is -2.47. The fourth-order valence-corrected chi connectivity index (χ4v) is 3.19. The van der Waals surface area contributed by atoms with Gasteiger partial charge in [-0.2, -0.15) is 0 Å². The highest BCUT2D eigenvalue weighted by molar-refractivity contribution is 5.94. The molecule has 1 aromatic rings. The zero-order valence-corrected chi connectivity index (χ0v) is 15.7. The lowest BCUT2D eigenvalue weighted by Gasteiger charge is -2.34. The second kappa shape index (κ2) is 9.99. The molecule has 7 nitrogen and oxygen atoms in total. The molecule has 1 aromatic heterocycles. The van der Waals surface area contributed by atoms with E-state index < -0.39 is 0 Å². The summed E-state index contributed by atoms with van der Waals surface area (Å²) in [5.41, 5.74) is 0.537. The highest BCUT2D eigenvalue weighted by Gasteiger charge is 2.31. The molecule has 1 saturated heterocycles. The summed E-state index contributed by atoms with van der Waals surface area (Å²) in [5.74, 6) is -0.280. The van der Waals surface area contributed by atoms with E-state index in [1.165, 1.54) is 12.5 Å². The number of likely N-dealkylation sites (tertiary alicyclic amines) is 1. The molecule has 0 saturated carbocycles. The van der Waals surface area contributed by atoms with E-state index in [-0.39, 0.29) is 30.2 Å². The van der Waals surface area contributed by atoms with Gasteiger partial charge in [0.25, 0.3) is 5.91 Å². The number of carbonyl (C=O) groups excluding carboxylic acids is 3. The number of nitrogens with zero attached hydrogens (tertiary/aromatic N) is 2. The first-order valence-electron chi connectivity index (χ1n) is 9.43. The summed E-state index contributed by atoms with van der Waals surface area (Å²) in [7, 11) is 0. The van der Waals surface area contributed by atoms with Crippen molar-refractivity contribution in [2.45, 2.75) is 39.5 Å². The summed E-state index contributed by atoms with van der Waals surface area (Å²) in [5, 5.41) is 2.82. The molecule has 0 bridgehead atoms. The van der Waals surface area contributed by atoms with Crippen LogP contribution in [0.1, 0.15) is 49.9 Å². The van der Waals surface area contributed by atoms with E-state index in [0.29, 0.717) is 44.6 Å². The Morgan fingerprint density at radius 3 is 2.54 bits per heavy atom. The molecule has 0 aromatic carbocycles. The molecule has 0 unspecified atom stereocenters. The molecular weight excluding hydrogens is 334 g/mol. The van der Waals surface area contributed by atoms with Gasteiger partial charge in [0.2, 0.25) is 11.8 Å². The van der Waals surface area contributed by atoms with Crippen LogP contribution < -0.4 is 5.32 Å². The Bertz CT molecular complexity index is 592. The van der Waals surface area contributed by atoms with Gasteiger partial charge in [-0.05, 0) is 31.7 Å². The van der Waals surface area contributed by atoms with E-state index in [4.69, 9.17) is 4.42 Å². The number of hydrogen-bond donors (Lipinski definition) is 1. The summed E-state index contributed by atoms with van der Waals surface area (Å²) < 4.78 is 4.96. The molecule has 0 atom stereocenters. The lowest BCUT2D eigenvalue weighted by molar-refractivity contribution is -0.140. The average Bonchev–Trinajstić information content (AvgIpc) is 3.19. The van der Waals surface area contributed by atoms with Crippen LogP contribution in [0.5, 0.6) is 0 Å². The Hall–Kier alpha value is -2.31. The van der Waals surface area contributed by atoms with Crippen molar-refractivity contribution in [3.63, 3.8) is 0 Å². The quantitative estimate of drug-likeness (QED) is 0.765. The van der Waals surface area contributed by atoms with Crippen molar-refractivity contribution in [2.24, 2.45) is 5.92 Å². The Kier molecular flexibility index (Phi) is 7.69. The third-order valence-electron chi connectivity index (χ3n) is 4.61. The highest BCUT2D eigenvalue weighted by Crippen LogP contribution is 2.21. The van der Waals surface area contributed by atoms with Crippen LogP contribution in [0.15, 0.2) is 23.0 Å². The lowest BCUT2D eigenvalue weighted by atomic mass is 9.94. The van der Waals surface area contributed by atoms with Crippen LogP contribution in [-0.4, -0.2) is 60.2 Å². The van der Waals surface area contributed by atoms with Crippen LogP contribution in [0.2, 0.25) is 0 Å². The van der Waals surface area contributed by atoms with Crippen molar-refractivity contribution >= 4 is 17.7 Å². The predicted octanol–water partition coefficient (Wildman–Crippen LogP) is 1.90.